The van der Waals surface area contributed by atoms with E-state index in [1.807, 2.05) is 6.08 Å². The first kappa shape index (κ1) is 8.51. The van der Waals surface area contributed by atoms with Gasteiger partial charge in [-0.2, -0.15) is 0 Å². The van der Waals surface area contributed by atoms with Crippen LogP contribution < -0.4 is 0 Å². The van der Waals surface area contributed by atoms with E-state index in [0.717, 1.165) is 19.3 Å². The zero-order valence-electron chi connectivity index (χ0n) is 7.18. The van der Waals surface area contributed by atoms with Crippen LogP contribution >= 0.6 is 0 Å². The highest BCUT2D eigenvalue weighted by molar-refractivity contribution is 5.82. The monoisotopic (exact) mass is 152 g/mol. The molecule has 1 saturated carbocycles. The summed E-state index contributed by atoms with van der Waals surface area (Å²) in [5.74, 6) is 1.30. The number of carbonyl (C=O) groups excluding carboxylic acids is 1. The molecule has 0 N–H and O–H groups in total. The Labute approximate surface area is 68.5 Å². The van der Waals surface area contributed by atoms with Crippen LogP contribution in [0.5, 0.6) is 0 Å². The predicted molar refractivity (Wildman–Crippen MR) is 46.3 cm³/mol. The summed E-state index contributed by atoms with van der Waals surface area (Å²) in [7, 11) is 0. The maximum absolute atomic E-state index is 11.3. The number of allylic oxidation sites excluding steroid dienone is 1. The maximum atomic E-state index is 11.3. The van der Waals surface area contributed by atoms with E-state index in [2.05, 4.69) is 13.5 Å². The molecule has 1 rings (SSSR count). The quantitative estimate of drug-likeness (QED) is 0.556. The van der Waals surface area contributed by atoms with E-state index in [4.69, 9.17) is 0 Å². The molecule has 2 unspecified atom stereocenters. The summed E-state index contributed by atoms with van der Waals surface area (Å²) in [5, 5.41) is 0. The molecule has 0 aliphatic heterocycles. The zero-order valence-corrected chi connectivity index (χ0v) is 7.18. The van der Waals surface area contributed by atoms with Crippen molar-refractivity contribution < 1.29 is 4.79 Å². The Kier molecular flexibility index (Phi) is 2.86. The Morgan fingerprint density at radius 2 is 2.45 bits per heavy atom. The maximum Gasteiger partial charge on any atom is 0.136 e. The fourth-order valence-corrected chi connectivity index (χ4v) is 1.85. The summed E-state index contributed by atoms with van der Waals surface area (Å²) in [6.07, 6.45) is 5.84. The molecule has 0 saturated heterocycles. The first-order valence-electron chi connectivity index (χ1n) is 4.39. The molecule has 1 heteroatoms. The number of hydrogen-bond donors (Lipinski definition) is 0. The molecule has 0 bridgehead atoms. The first-order chi connectivity index (χ1) is 5.25. The molecule has 0 heterocycles. The summed E-state index contributed by atoms with van der Waals surface area (Å²) in [6, 6.07) is 0. The third-order valence-electron chi connectivity index (χ3n) is 2.60. The van der Waals surface area contributed by atoms with Gasteiger partial charge in [0.15, 0.2) is 0 Å². The van der Waals surface area contributed by atoms with Crippen molar-refractivity contribution in [2.24, 2.45) is 11.8 Å². The number of Topliss-reactive ketones (excluding diaryl/α,β-unsaturated/α-hetero) is 1. The number of carbonyl (C=O) groups is 1. The molecule has 11 heavy (non-hydrogen) atoms. The third-order valence-corrected chi connectivity index (χ3v) is 2.60. The van der Waals surface area contributed by atoms with E-state index in [0.29, 0.717) is 11.7 Å². The van der Waals surface area contributed by atoms with Gasteiger partial charge in [0.25, 0.3) is 0 Å². The van der Waals surface area contributed by atoms with Crippen molar-refractivity contribution in [2.75, 3.05) is 0 Å². The van der Waals surface area contributed by atoms with E-state index in [1.165, 1.54) is 6.42 Å². The van der Waals surface area contributed by atoms with E-state index in [-0.39, 0.29) is 5.92 Å². The molecule has 1 aliphatic carbocycles. The third kappa shape index (κ3) is 1.92. The molecule has 2 atom stereocenters. The van der Waals surface area contributed by atoms with Crippen molar-refractivity contribution in [2.45, 2.75) is 32.6 Å². The van der Waals surface area contributed by atoms with Gasteiger partial charge in [-0.1, -0.05) is 13.0 Å². The van der Waals surface area contributed by atoms with Crippen LogP contribution in [-0.2, 0) is 4.79 Å². The Hall–Kier alpha value is -0.590. The van der Waals surface area contributed by atoms with Crippen molar-refractivity contribution in [3.8, 4) is 0 Å². The van der Waals surface area contributed by atoms with Gasteiger partial charge in [0.2, 0.25) is 0 Å². The summed E-state index contributed by atoms with van der Waals surface area (Å²) in [4.78, 5) is 11.3. The van der Waals surface area contributed by atoms with Crippen LogP contribution in [0.2, 0.25) is 0 Å². The fraction of sp³-hybridized carbons (Fsp3) is 0.700. The molecule has 0 spiro atoms. The Morgan fingerprint density at radius 3 is 3.00 bits per heavy atom. The standard InChI is InChI=1S/C10H16O/c1-3-5-9-8(2)6-4-7-10(9)11/h3,8-9H,1,4-7H2,2H3. The summed E-state index contributed by atoms with van der Waals surface area (Å²) < 4.78 is 0. The van der Waals surface area contributed by atoms with Gasteiger partial charge in [-0.25, -0.2) is 0 Å². The average Bonchev–Trinajstić information content (AvgIpc) is 1.97. The largest absolute Gasteiger partial charge is 0.299 e. The Balaban J connectivity index is 2.54. The zero-order chi connectivity index (χ0) is 8.27. The van der Waals surface area contributed by atoms with Crippen molar-refractivity contribution in [1.82, 2.24) is 0 Å². The lowest BCUT2D eigenvalue weighted by Gasteiger charge is -2.26. The normalized spacial score (nSPS) is 31.9. The number of ketones is 1. The smallest absolute Gasteiger partial charge is 0.136 e. The molecule has 62 valence electrons. The van der Waals surface area contributed by atoms with E-state index in [9.17, 15) is 4.79 Å². The van der Waals surface area contributed by atoms with Crippen molar-refractivity contribution in [3.05, 3.63) is 12.7 Å². The molecule has 1 aliphatic rings. The van der Waals surface area contributed by atoms with Crippen molar-refractivity contribution in [3.63, 3.8) is 0 Å². The lowest BCUT2D eigenvalue weighted by atomic mass is 9.78. The van der Waals surface area contributed by atoms with Crippen LogP contribution in [0, 0.1) is 11.8 Å². The van der Waals surface area contributed by atoms with Crippen LogP contribution in [0.4, 0.5) is 0 Å². The minimum Gasteiger partial charge on any atom is -0.299 e. The van der Waals surface area contributed by atoms with Crippen LogP contribution in [0.25, 0.3) is 0 Å². The molecule has 1 fully saturated rings. The molecule has 0 aromatic heterocycles. The van der Waals surface area contributed by atoms with Crippen molar-refractivity contribution in [1.29, 1.82) is 0 Å². The summed E-state index contributed by atoms with van der Waals surface area (Å²) >= 11 is 0. The average molecular weight is 152 g/mol. The Bertz CT molecular complexity index is 160. The van der Waals surface area contributed by atoms with Gasteiger partial charge in [0.1, 0.15) is 5.78 Å². The van der Waals surface area contributed by atoms with Crippen LogP contribution in [-0.4, -0.2) is 5.78 Å². The second-order valence-electron chi connectivity index (χ2n) is 3.47. The molecule has 0 aromatic rings. The predicted octanol–water partition coefficient (Wildman–Crippen LogP) is 2.57. The lowest BCUT2D eigenvalue weighted by molar-refractivity contribution is -0.126. The second-order valence-corrected chi connectivity index (χ2v) is 3.47. The highest BCUT2D eigenvalue weighted by Crippen LogP contribution is 2.29. The molecular formula is C10H16O. The molecule has 1 nitrogen and oxygen atoms in total. The van der Waals surface area contributed by atoms with Gasteiger partial charge in [0.05, 0.1) is 0 Å². The SMILES string of the molecule is C=CCC1C(=O)CCCC1C. The van der Waals surface area contributed by atoms with Gasteiger partial charge in [0, 0.05) is 12.3 Å². The second kappa shape index (κ2) is 3.70. The molecule has 0 aromatic carbocycles. The number of hydrogen-bond acceptors (Lipinski definition) is 1. The van der Waals surface area contributed by atoms with Crippen molar-refractivity contribution >= 4 is 5.78 Å². The highest BCUT2D eigenvalue weighted by Gasteiger charge is 2.26. The van der Waals surface area contributed by atoms with Gasteiger partial charge < -0.3 is 0 Å². The van der Waals surface area contributed by atoms with Gasteiger partial charge in [-0.15, -0.1) is 6.58 Å². The van der Waals surface area contributed by atoms with Gasteiger partial charge in [-0.05, 0) is 25.2 Å². The summed E-state index contributed by atoms with van der Waals surface area (Å²) in [5.41, 5.74) is 0. The lowest BCUT2D eigenvalue weighted by Crippen LogP contribution is -2.25. The fourth-order valence-electron chi connectivity index (χ4n) is 1.85. The highest BCUT2D eigenvalue weighted by atomic mass is 16.1. The minimum absolute atomic E-state index is 0.279. The summed E-state index contributed by atoms with van der Waals surface area (Å²) in [6.45, 7) is 5.84. The topological polar surface area (TPSA) is 17.1 Å². The van der Waals surface area contributed by atoms with Gasteiger partial charge >= 0.3 is 0 Å². The van der Waals surface area contributed by atoms with Crippen LogP contribution in [0.1, 0.15) is 32.6 Å². The molecule has 0 amide bonds. The first-order valence-corrected chi connectivity index (χ1v) is 4.39. The molecular weight excluding hydrogens is 136 g/mol. The number of rotatable bonds is 2. The Morgan fingerprint density at radius 1 is 1.73 bits per heavy atom. The van der Waals surface area contributed by atoms with Crippen LogP contribution in [0.15, 0.2) is 12.7 Å². The van der Waals surface area contributed by atoms with E-state index in [1.54, 1.807) is 0 Å². The minimum atomic E-state index is 0.279. The van der Waals surface area contributed by atoms with E-state index < -0.39 is 0 Å². The van der Waals surface area contributed by atoms with Crippen LogP contribution in [0.3, 0.4) is 0 Å². The van der Waals surface area contributed by atoms with E-state index >= 15 is 0 Å². The van der Waals surface area contributed by atoms with Gasteiger partial charge in [-0.3, -0.25) is 4.79 Å². The molecule has 0 radical (unpaired) electrons.